The number of hydrogen-bond donors (Lipinski definition) is 0. The van der Waals surface area contributed by atoms with Gasteiger partial charge in [-0.2, -0.15) is 10.1 Å². The Morgan fingerprint density at radius 3 is 2.40 bits per heavy atom. The van der Waals surface area contributed by atoms with E-state index in [9.17, 15) is 9.59 Å². The molecular formula is C21H22N2O2. The Morgan fingerprint density at radius 2 is 1.72 bits per heavy atom. The summed E-state index contributed by atoms with van der Waals surface area (Å²) in [4.78, 5) is 25.7. The maximum atomic E-state index is 12.8. The zero-order valence-electron chi connectivity index (χ0n) is 14.6. The van der Waals surface area contributed by atoms with Crippen molar-refractivity contribution in [3.63, 3.8) is 0 Å². The van der Waals surface area contributed by atoms with Crippen LogP contribution in [0.5, 0.6) is 0 Å². The lowest BCUT2D eigenvalue weighted by atomic mass is 9.91. The van der Waals surface area contributed by atoms with E-state index in [-0.39, 0.29) is 18.1 Å². The van der Waals surface area contributed by atoms with E-state index in [1.165, 1.54) is 10.6 Å². The average molecular weight is 334 g/mol. The van der Waals surface area contributed by atoms with Gasteiger partial charge in [0.05, 0.1) is 11.4 Å². The van der Waals surface area contributed by atoms with E-state index in [0.717, 1.165) is 12.0 Å². The highest BCUT2D eigenvalue weighted by Gasteiger charge is 2.40. The Labute approximate surface area is 148 Å². The Morgan fingerprint density at radius 1 is 1.00 bits per heavy atom. The molecule has 2 aromatic carbocycles. The van der Waals surface area contributed by atoms with Gasteiger partial charge >= 0.3 is 0 Å². The molecule has 1 heterocycles. The molecule has 2 aromatic rings. The number of carbonyl (C=O) groups excluding carboxylic acids is 2. The number of para-hydroxylation sites is 1. The summed E-state index contributed by atoms with van der Waals surface area (Å²) in [7, 11) is 0. The van der Waals surface area contributed by atoms with E-state index in [0.29, 0.717) is 17.8 Å². The largest absolute Gasteiger partial charge is 0.298 e. The summed E-state index contributed by atoms with van der Waals surface area (Å²) in [6.45, 7) is 4.01. The third-order valence-electron chi connectivity index (χ3n) is 4.48. The van der Waals surface area contributed by atoms with Crippen molar-refractivity contribution in [2.24, 2.45) is 11.0 Å². The number of amides is 1. The SMILES string of the molecule is CCC1=NN(c2ccccc2)C(=O)C1C(=O)Cc1cccc(CC)c1. The van der Waals surface area contributed by atoms with Gasteiger partial charge in [0, 0.05) is 6.42 Å². The molecule has 1 amide bonds. The summed E-state index contributed by atoms with van der Waals surface area (Å²) < 4.78 is 0. The molecule has 0 bridgehead atoms. The van der Waals surface area contributed by atoms with Gasteiger partial charge in [-0.05, 0) is 36.1 Å². The van der Waals surface area contributed by atoms with Crippen molar-refractivity contribution < 1.29 is 9.59 Å². The van der Waals surface area contributed by atoms with Crippen LogP contribution in [-0.2, 0) is 22.4 Å². The molecule has 0 saturated heterocycles. The lowest BCUT2D eigenvalue weighted by Crippen LogP contribution is -2.34. The molecule has 0 aromatic heterocycles. The summed E-state index contributed by atoms with van der Waals surface area (Å²) in [6, 6.07) is 17.2. The number of rotatable bonds is 6. The van der Waals surface area contributed by atoms with Crippen LogP contribution >= 0.6 is 0 Å². The van der Waals surface area contributed by atoms with Crippen molar-refractivity contribution in [1.82, 2.24) is 0 Å². The highest BCUT2D eigenvalue weighted by molar-refractivity contribution is 6.27. The van der Waals surface area contributed by atoms with Gasteiger partial charge in [-0.1, -0.05) is 56.3 Å². The number of aryl methyl sites for hydroxylation is 1. The summed E-state index contributed by atoms with van der Waals surface area (Å²) in [5.41, 5.74) is 3.48. The molecule has 1 aliphatic rings. The molecule has 4 heteroatoms. The molecule has 0 aliphatic carbocycles. The summed E-state index contributed by atoms with van der Waals surface area (Å²) >= 11 is 0. The average Bonchev–Trinajstić information content (AvgIpc) is 2.99. The number of carbonyl (C=O) groups is 2. The zero-order chi connectivity index (χ0) is 17.8. The first-order chi connectivity index (χ1) is 12.1. The smallest absolute Gasteiger partial charge is 0.263 e. The van der Waals surface area contributed by atoms with Crippen LogP contribution in [0.15, 0.2) is 59.7 Å². The van der Waals surface area contributed by atoms with Crippen molar-refractivity contribution in [2.75, 3.05) is 5.01 Å². The quantitative estimate of drug-likeness (QED) is 0.755. The van der Waals surface area contributed by atoms with Crippen molar-refractivity contribution >= 4 is 23.1 Å². The maximum absolute atomic E-state index is 12.8. The third-order valence-corrected chi connectivity index (χ3v) is 4.48. The topological polar surface area (TPSA) is 49.7 Å². The zero-order valence-corrected chi connectivity index (χ0v) is 14.6. The molecule has 1 atom stereocenters. The van der Waals surface area contributed by atoms with Crippen LogP contribution in [0.3, 0.4) is 0 Å². The van der Waals surface area contributed by atoms with E-state index < -0.39 is 5.92 Å². The molecule has 1 aliphatic heterocycles. The predicted molar refractivity (Wildman–Crippen MR) is 99.7 cm³/mol. The first-order valence-electron chi connectivity index (χ1n) is 8.71. The van der Waals surface area contributed by atoms with Gasteiger partial charge < -0.3 is 0 Å². The van der Waals surface area contributed by atoms with Crippen molar-refractivity contribution in [3.8, 4) is 0 Å². The minimum Gasteiger partial charge on any atom is -0.298 e. The van der Waals surface area contributed by atoms with Crippen molar-refractivity contribution in [2.45, 2.75) is 33.1 Å². The summed E-state index contributed by atoms with van der Waals surface area (Å²) in [5, 5.41) is 5.78. The first kappa shape index (κ1) is 17.1. The lowest BCUT2D eigenvalue weighted by molar-refractivity contribution is -0.128. The van der Waals surface area contributed by atoms with E-state index >= 15 is 0 Å². The molecular weight excluding hydrogens is 312 g/mol. The van der Waals surface area contributed by atoms with Crippen LogP contribution < -0.4 is 5.01 Å². The second kappa shape index (κ2) is 7.43. The lowest BCUT2D eigenvalue weighted by Gasteiger charge is -2.14. The number of ketones is 1. The van der Waals surface area contributed by atoms with E-state index in [4.69, 9.17) is 0 Å². The summed E-state index contributed by atoms with van der Waals surface area (Å²) in [5.74, 6) is -1.10. The van der Waals surface area contributed by atoms with Crippen LogP contribution in [0.2, 0.25) is 0 Å². The monoisotopic (exact) mass is 334 g/mol. The molecule has 25 heavy (non-hydrogen) atoms. The minimum absolute atomic E-state index is 0.0858. The van der Waals surface area contributed by atoms with Gasteiger partial charge in [0.25, 0.3) is 5.91 Å². The van der Waals surface area contributed by atoms with Gasteiger partial charge in [-0.15, -0.1) is 0 Å². The Kier molecular flexibility index (Phi) is 5.08. The Bertz CT molecular complexity index is 812. The third kappa shape index (κ3) is 3.53. The number of nitrogens with zero attached hydrogens (tertiary/aromatic N) is 2. The number of hydrazone groups is 1. The van der Waals surface area contributed by atoms with Crippen molar-refractivity contribution in [3.05, 3.63) is 65.7 Å². The molecule has 0 spiro atoms. The van der Waals surface area contributed by atoms with Crippen LogP contribution in [-0.4, -0.2) is 17.4 Å². The minimum atomic E-state index is -0.768. The van der Waals surface area contributed by atoms with Crippen molar-refractivity contribution in [1.29, 1.82) is 0 Å². The van der Waals surface area contributed by atoms with Gasteiger partial charge in [0.15, 0.2) is 5.78 Å². The van der Waals surface area contributed by atoms with Gasteiger partial charge in [-0.3, -0.25) is 9.59 Å². The van der Waals surface area contributed by atoms with Gasteiger partial charge in [0.1, 0.15) is 5.92 Å². The fraction of sp³-hybridized carbons (Fsp3) is 0.286. The van der Waals surface area contributed by atoms with E-state index in [1.54, 1.807) is 0 Å². The number of Topliss-reactive ketones (excluding diaryl/α,β-unsaturated/α-hetero) is 1. The van der Waals surface area contributed by atoms with Gasteiger partial charge in [-0.25, -0.2) is 0 Å². The Balaban J connectivity index is 1.82. The second-order valence-corrected chi connectivity index (χ2v) is 6.18. The highest BCUT2D eigenvalue weighted by atomic mass is 16.2. The fourth-order valence-corrected chi connectivity index (χ4v) is 3.12. The summed E-state index contributed by atoms with van der Waals surface area (Å²) in [6.07, 6.45) is 1.76. The van der Waals surface area contributed by atoms with Crippen LogP contribution in [0.4, 0.5) is 5.69 Å². The molecule has 0 radical (unpaired) electrons. The second-order valence-electron chi connectivity index (χ2n) is 6.18. The number of benzene rings is 2. The maximum Gasteiger partial charge on any atom is 0.263 e. The fourth-order valence-electron chi connectivity index (χ4n) is 3.12. The Hall–Kier alpha value is -2.75. The van der Waals surface area contributed by atoms with Crippen LogP contribution in [0, 0.1) is 5.92 Å². The van der Waals surface area contributed by atoms with E-state index in [2.05, 4.69) is 12.0 Å². The molecule has 4 nitrogen and oxygen atoms in total. The van der Waals surface area contributed by atoms with E-state index in [1.807, 2.05) is 61.5 Å². The first-order valence-corrected chi connectivity index (χ1v) is 8.71. The van der Waals surface area contributed by atoms with Crippen LogP contribution in [0.1, 0.15) is 31.4 Å². The number of anilines is 1. The predicted octanol–water partition coefficient (Wildman–Crippen LogP) is 3.79. The molecule has 128 valence electrons. The molecule has 0 N–H and O–H groups in total. The molecule has 1 unspecified atom stereocenters. The number of hydrogen-bond acceptors (Lipinski definition) is 3. The molecule has 0 fully saturated rings. The standard InChI is InChI=1S/C21H22N2O2/c1-3-15-9-8-10-16(13-15)14-19(24)20-18(4-2)22-23(21(20)25)17-11-6-5-7-12-17/h5-13,20H,3-4,14H2,1-2H3. The normalized spacial score (nSPS) is 16.9. The molecule has 3 rings (SSSR count). The highest BCUT2D eigenvalue weighted by Crippen LogP contribution is 2.26. The van der Waals surface area contributed by atoms with Gasteiger partial charge in [0.2, 0.25) is 0 Å². The van der Waals surface area contributed by atoms with Crippen LogP contribution in [0.25, 0.3) is 0 Å². The molecule has 0 saturated carbocycles.